The topological polar surface area (TPSA) is 243 Å². The minimum absolute atomic E-state index is 0.0811. The molecule has 3 fully saturated rings. The molecule has 1 aromatic carbocycles. The Labute approximate surface area is 293 Å². The number of rotatable bonds is 14. The molecule has 3 aliphatic rings. The first-order chi connectivity index (χ1) is 23.3. The fourth-order valence-electron chi connectivity index (χ4n) is 5.50. The molecule has 2 saturated carbocycles. The number of nitrogens with two attached hydrogens (primary N) is 1. The van der Waals surface area contributed by atoms with E-state index in [-0.39, 0.29) is 40.8 Å². The lowest BCUT2D eigenvalue weighted by atomic mass is 9.96. The van der Waals surface area contributed by atoms with Crippen LogP contribution < -0.4 is 25.2 Å². The maximum Gasteiger partial charge on any atom is 0.459 e. The highest BCUT2D eigenvalue weighted by Gasteiger charge is 2.54. The first-order valence-electron chi connectivity index (χ1n) is 15.9. The molecule has 274 valence electrons. The Morgan fingerprint density at radius 3 is 2.52 bits per heavy atom. The molecule has 2 aromatic heterocycles. The van der Waals surface area contributed by atoms with Gasteiger partial charge in [0.15, 0.2) is 23.2 Å². The first-order valence-corrected chi connectivity index (χ1v) is 19.7. The van der Waals surface area contributed by atoms with Gasteiger partial charge in [0.05, 0.1) is 19.2 Å². The molecule has 0 bridgehead atoms. The minimum Gasteiger partial charge on any atom is -0.461 e. The second-order valence-electron chi connectivity index (χ2n) is 13.4. The molecule has 0 spiro atoms. The highest BCUT2D eigenvalue weighted by Crippen LogP contribution is 2.49. The van der Waals surface area contributed by atoms with Crippen LogP contribution in [0.4, 0.5) is 11.8 Å². The number of carbonyl (C=O) groups excluding carboxylic acids is 1. The highest BCUT2D eigenvalue weighted by atomic mass is 35.5. The zero-order valence-electron chi connectivity index (χ0n) is 27.7. The van der Waals surface area contributed by atoms with Crippen molar-refractivity contribution in [2.45, 2.75) is 94.6 Å². The maximum absolute atomic E-state index is 14.3. The Bertz CT molecular complexity index is 1910. The number of carbonyl (C=O) groups is 1. The summed E-state index contributed by atoms with van der Waals surface area (Å²) in [5.41, 5.74) is 2.74. The van der Waals surface area contributed by atoms with Gasteiger partial charge >= 0.3 is 13.7 Å². The predicted octanol–water partition coefficient (Wildman–Crippen LogP) is 2.17. The number of hydrogen-bond acceptors (Lipinski definition) is 15. The number of sulfonamides is 1. The number of hydrazine groups is 1. The predicted molar refractivity (Wildman–Crippen MR) is 180 cm³/mol. The Morgan fingerprint density at radius 1 is 1.24 bits per heavy atom. The van der Waals surface area contributed by atoms with Crippen LogP contribution in [0.25, 0.3) is 11.2 Å². The van der Waals surface area contributed by atoms with Crippen LogP contribution in [0.15, 0.2) is 30.6 Å². The van der Waals surface area contributed by atoms with E-state index in [1.165, 1.54) is 60.9 Å². The Balaban J connectivity index is 1.25. The standard InChI is InChI=1S/C29H40ClN8O10PS/c1-28(2,26(40)46-18-6-5-7-18)35-49(42,48-19-12-8-16(30)9-13-19)45-14-20-22(39)29(3,41)25(47-20)37-15-32-21-23(37)33-27(31)34-24(21)38(17-10-11-17)36-50(4,43)44/h8-9,12-13,15,17-18,20,22,25,36,39,41H,5-7,10-11,14H2,1-4H3,(H,35,42)(H2,31,33,34)/t20?,22-,25?,29-,49?/m1/s1. The average Bonchev–Trinajstić information content (AvgIpc) is 3.72. The number of anilines is 2. The van der Waals surface area contributed by atoms with Crippen LogP contribution in [0.2, 0.25) is 5.02 Å². The quantitative estimate of drug-likeness (QED) is 0.0899. The molecular weight excluding hydrogens is 719 g/mol. The highest BCUT2D eigenvalue weighted by molar-refractivity contribution is 7.88. The van der Waals surface area contributed by atoms with E-state index in [0.717, 1.165) is 25.5 Å². The van der Waals surface area contributed by atoms with Crippen molar-refractivity contribution in [3.63, 3.8) is 0 Å². The van der Waals surface area contributed by atoms with Gasteiger partial charge in [0.25, 0.3) is 0 Å². The van der Waals surface area contributed by atoms with E-state index in [0.29, 0.717) is 17.9 Å². The number of aliphatic hydroxyl groups excluding tert-OH is 1. The maximum atomic E-state index is 14.3. The summed E-state index contributed by atoms with van der Waals surface area (Å²) >= 11 is 6.00. The molecule has 18 nitrogen and oxygen atoms in total. The number of benzene rings is 1. The third kappa shape index (κ3) is 7.85. The largest absolute Gasteiger partial charge is 0.461 e. The lowest BCUT2D eigenvalue weighted by Gasteiger charge is -2.33. The molecule has 6 rings (SSSR count). The molecule has 21 heteroatoms. The fourth-order valence-corrected chi connectivity index (χ4v) is 7.90. The van der Waals surface area contributed by atoms with Gasteiger partial charge in [-0.2, -0.15) is 15.1 Å². The van der Waals surface area contributed by atoms with Gasteiger partial charge in [-0.3, -0.25) is 18.9 Å². The molecule has 0 amide bonds. The van der Waals surface area contributed by atoms with Crippen LogP contribution in [0.5, 0.6) is 5.75 Å². The zero-order chi connectivity index (χ0) is 36.2. The fraction of sp³-hybridized carbons (Fsp3) is 0.586. The second-order valence-corrected chi connectivity index (χ2v) is 17.2. The van der Waals surface area contributed by atoms with E-state index in [1.54, 1.807) is 0 Å². The summed E-state index contributed by atoms with van der Waals surface area (Å²) in [7, 11) is -8.14. The van der Waals surface area contributed by atoms with Gasteiger partial charge in [0, 0.05) is 11.1 Å². The molecule has 0 radical (unpaired) electrons. The van der Waals surface area contributed by atoms with Crippen LogP contribution >= 0.6 is 19.3 Å². The molecular formula is C29H40ClN8O10PS. The summed E-state index contributed by atoms with van der Waals surface area (Å²) in [6.45, 7) is 3.68. The van der Waals surface area contributed by atoms with Gasteiger partial charge in [-0.15, -0.1) is 4.83 Å². The van der Waals surface area contributed by atoms with Gasteiger partial charge in [-0.05, 0) is 77.1 Å². The van der Waals surface area contributed by atoms with Crippen LogP contribution in [-0.4, -0.2) is 92.5 Å². The molecule has 3 aromatic rings. The molecule has 2 aliphatic carbocycles. The van der Waals surface area contributed by atoms with Crippen LogP contribution in [-0.2, 0) is 33.4 Å². The number of ether oxygens (including phenoxy) is 2. The lowest BCUT2D eigenvalue weighted by molar-refractivity contribution is -0.159. The van der Waals surface area contributed by atoms with Crippen molar-refractivity contribution in [2.75, 3.05) is 23.6 Å². The van der Waals surface area contributed by atoms with Crippen molar-refractivity contribution in [3.8, 4) is 5.75 Å². The van der Waals surface area contributed by atoms with Crippen LogP contribution in [0.3, 0.4) is 0 Å². The molecule has 3 unspecified atom stereocenters. The van der Waals surface area contributed by atoms with E-state index < -0.39 is 59.9 Å². The molecule has 5 atom stereocenters. The second kappa shape index (κ2) is 13.4. The number of nitrogen functional groups attached to an aromatic ring is 1. The average molecular weight is 759 g/mol. The third-order valence-electron chi connectivity index (χ3n) is 8.53. The number of imidazole rings is 1. The van der Waals surface area contributed by atoms with Gasteiger partial charge in [-0.1, -0.05) is 11.6 Å². The normalized spacial score (nSPS) is 25.6. The van der Waals surface area contributed by atoms with Crippen molar-refractivity contribution < 1.29 is 46.5 Å². The van der Waals surface area contributed by atoms with Crippen molar-refractivity contribution in [1.29, 1.82) is 0 Å². The summed E-state index contributed by atoms with van der Waals surface area (Å²) in [6.07, 6.45) is 1.62. The van der Waals surface area contributed by atoms with Crippen molar-refractivity contribution >= 4 is 58.3 Å². The number of nitrogens with one attached hydrogen (secondary N) is 2. The number of esters is 1. The number of fused-ring (bicyclic) bond motifs is 1. The van der Waals surface area contributed by atoms with E-state index in [2.05, 4.69) is 24.9 Å². The Kier molecular flexibility index (Phi) is 9.86. The van der Waals surface area contributed by atoms with E-state index in [9.17, 15) is 28.0 Å². The van der Waals surface area contributed by atoms with Gasteiger partial charge in [0.2, 0.25) is 16.0 Å². The smallest absolute Gasteiger partial charge is 0.459 e. The number of aromatic nitrogens is 4. The zero-order valence-corrected chi connectivity index (χ0v) is 30.2. The van der Waals surface area contributed by atoms with Crippen molar-refractivity contribution in [1.82, 2.24) is 29.4 Å². The SMILES string of the molecule is CC(C)(NP(=O)(OCC1OC(n2cnc3c(N(NS(C)(=O)=O)C4CC4)nc(N)nc32)[C@](C)(O)[C@@H]1O)Oc1ccc(Cl)cc1)C(=O)OC1CCC1. The van der Waals surface area contributed by atoms with Gasteiger partial charge in [0.1, 0.15) is 35.2 Å². The number of nitrogens with zero attached hydrogens (tertiary/aromatic N) is 5. The van der Waals surface area contributed by atoms with Gasteiger partial charge in [-0.25, -0.2) is 18.0 Å². The molecule has 1 saturated heterocycles. The van der Waals surface area contributed by atoms with E-state index in [1.807, 2.05) is 0 Å². The molecule has 3 heterocycles. The Morgan fingerprint density at radius 2 is 1.92 bits per heavy atom. The van der Waals surface area contributed by atoms with Crippen LogP contribution in [0.1, 0.15) is 59.1 Å². The summed E-state index contributed by atoms with van der Waals surface area (Å²) in [5.74, 6) is -0.666. The first kappa shape index (κ1) is 36.7. The number of aliphatic hydroxyl groups is 2. The summed E-state index contributed by atoms with van der Waals surface area (Å²) in [5, 5.41) is 27.2. The molecule has 1 aliphatic heterocycles. The number of hydrogen-bond donors (Lipinski definition) is 5. The minimum atomic E-state index is -4.43. The van der Waals surface area contributed by atoms with E-state index in [4.69, 9.17) is 35.9 Å². The Hall–Kier alpha value is -3.13. The summed E-state index contributed by atoms with van der Waals surface area (Å²) < 4.78 is 63.1. The van der Waals surface area contributed by atoms with Crippen LogP contribution in [0, 0.1) is 0 Å². The molecule has 50 heavy (non-hydrogen) atoms. The third-order valence-corrected chi connectivity index (χ3v) is 11.1. The lowest BCUT2D eigenvalue weighted by Crippen LogP contribution is -2.49. The van der Waals surface area contributed by atoms with Gasteiger partial charge < -0.3 is 29.9 Å². The summed E-state index contributed by atoms with van der Waals surface area (Å²) in [6, 6.07) is 5.76. The molecule has 6 N–H and O–H groups in total. The van der Waals surface area contributed by atoms with E-state index >= 15 is 0 Å². The monoisotopic (exact) mass is 758 g/mol. The summed E-state index contributed by atoms with van der Waals surface area (Å²) in [4.78, 5) is 28.4. The van der Waals surface area contributed by atoms with Crippen molar-refractivity contribution in [2.24, 2.45) is 0 Å². The number of halogens is 1. The van der Waals surface area contributed by atoms with Crippen molar-refractivity contribution in [3.05, 3.63) is 35.6 Å².